The molecule has 0 fully saturated rings. The number of nitrogens with zero attached hydrogens (tertiary/aromatic N) is 1. The maximum Gasteiger partial charge on any atom is 0.269 e. The highest BCUT2D eigenvalue weighted by Crippen LogP contribution is 2.16. The van der Waals surface area contributed by atoms with E-state index in [1.165, 1.54) is 6.07 Å². The lowest BCUT2D eigenvalue weighted by Gasteiger charge is -2.04. The van der Waals surface area contributed by atoms with Crippen molar-refractivity contribution in [2.24, 2.45) is 0 Å². The van der Waals surface area contributed by atoms with E-state index >= 15 is 0 Å². The molecule has 1 rings (SSSR count). The maximum atomic E-state index is 13.1. The van der Waals surface area contributed by atoms with Gasteiger partial charge in [-0.3, -0.25) is 10.1 Å². The molecule has 1 aromatic rings. The Balaban J connectivity index is 0.00000121. The molecule has 0 spiro atoms. The number of aliphatic hydroxyl groups is 1. The molecule has 17 heavy (non-hydrogen) atoms. The number of benzene rings is 1. The van der Waals surface area contributed by atoms with Gasteiger partial charge in [-0.1, -0.05) is 13.8 Å². The molecule has 5 nitrogen and oxygen atoms in total. The topological polar surface area (TPSA) is 75.4 Å². The van der Waals surface area contributed by atoms with Crippen LogP contribution in [0.15, 0.2) is 18.2 Å². The number of nitro groups is 1. The van der Waals surface area contributed by atoms with Crippen molar-refractivity contribution in [1.82, 2.24) is 5.32 Å². The van der Waals surface area contributed by atoms with Gasteiger partial charge in [0.1, 0.15) is 5.82 Å². The normalized spacial score (nSPS) is 9.41. The summed E-state index contributed by atoms with van der Waals surface area (Å²) >= 11 is 0. The molecule has 0 unspecified atom stereocenters. The molecule has 1 aromatic carbocycles. The Morgan fingerprint density at radius 3 is 2.65 bits per heavy atom. The standard InChI is InChI=1S/C9H11FN2O3.C2H6/c10-9-2-1-8(12(14)15)5-7(9)6-11-3-4-13;1-2/h1-2,5,11,13H,3-4,6H2;1-2H3. The van der Waals surface area contributed by atoms with Gasteiger partial charge in [0.05, 0.1) is 11.5 Å². The fraction of sp³-hybridized carbons (Fsp3) is 0.455. The lowest BCUT2D eigenvalue weighted by atomic mass is 10.2. The Kier molecular flexibility index (Phi) is 7.83. The van der Waals surface area contributed by atoms with E-state index in [4.69, 9.17) is 5.11 Å². The van der Waals surface area contributed by atoms with E-state index in [0.29, 0.717) is 6.54 Å². The first-order valence-electron chi connectivity index (χ1n) is 5.39. The molecule has 2 N–H and O–H groups in total. The summed E-state index contributed by atoms with van der Waals surface area (Å²) in [5, 5.41) is 21.7. The molecule has 0 aliphatic heterocycles. The Labute approximate surface area is 99.4 Å². The van der Waals surface area contributed by atoms with Crippen molar-refractivity contribution < 1.29 is 14.4 Å². The molecule has 0 aliphatic carbocycles. The van der Waals surface area contributed by atoms with Crippen molar-refractivity contribution >= 4 is 5.69 Å². The second-order valence-electron chi connectivity index (χ2n) is 2.93. The maximum absolute atomic E-state index is 13.1. The fourth-order valence-electron chi connectivity index (χ4n) is 1.11. The Morgan fingerprint density at radius 1 is 1.47 bits per heavy atom. The van der Waals surface area contributed by atoms with Gasteiger partial charge in [-0.05, 0) is 6.07 Å². The van der Waals surface area contributed by atoms with Crippen molar-refractivity contribution in [2.75, 3.05) is 13.2 Å². The van der Waals surface area contributed by atoms with Crippen molar-refractivity contribution in [3.63, 3.8) is 0 Å². The van der Waals surface area contributed by atoms with Crippen molar-refractivity contribution in [2.45, 2.75) is 20.4 Å². The number of halogens is 1. The predicted molar refractivity (Wildman–Crippen MR) is 63.2 cm³/mol. The van der Waals surface area contributed by atoms with Gasteiger partial charge in [0.25, 0.3) is 5.69 Å². The second kappa shape index (κ2) is 8.60. The first kappa shape index (κ1) is 15.5. The molecule has 0 radical (unpaired) electrons. The smallest absolute Gasteiger partial charge is 0.269 e. The summed E-state index contributed by atoms with van der Waals surface area (Å²) in [5.74, 6) is -0.494. The minimum atomic E-state index is -0.574. The van der Waals surface area contributed by atoms with E-state index in [2.05, 4.69) is 5.32 Å². The number of nitro benzene ring substituents is 1. The predicted octanol–water partition coefficient (Wildman–Crippen LogP) is 1.84. The van der Waals surface area contributed by atoms with E-state index in [0.717, 1.165) is 12.1 Å². The van der Waals surface area contributed by atoms with Crippen LogP contribution in [0.3, 0.4) is 0 Å². The Hall–Kier alpha value is -1.53. The quantitative estimate of drug-likeness (QED) is 0.471. The minimum Gasteiger partial charge on any atom is -0.395 e. The van der Waals surface area contributed by atoms with Gasteiger partial charge in [0.2, 0.25) is 0 Å². The van der Waals surface area contributed by atoms with Crippen LogP contribution in [0.2, 0.25) is 0 Å². The van der Waals surface area contributed by atoms with Crippen molar-refractivity contribution in [3.8, 4) is 0 Å². The molecule has 0 aliphatic rings. The lowest BCUT2D eigenvalue weighted by Crippen LogP contribution is -2.18. The van der Waals surface area contributed by atoms with Gasteiger partial charge in [-0.2, -0.15) is 0 Å². The van der Waals surface area contributed by atoms with E-state index in [9.17, 15) is 14.5 Å². The fourth-order valence-corrected chi connectivity index (χ4v) is 1.11. The third-order valence-electron chi connectivity index (χ3n) is 1.84. The third kappa shape index (κ3) is 5.37. The largest absolute Gasteiger partial charge is 0.395 e. The van der Waals surface area contributed by atoms with Crippen LogP contribution in [0.1, 0.15) is 19.4 Å². The second-order valence-corrected chi connectivity index (χ2v) is 2.93. The van der Waals surface area contributed by atoms with Crippen LogP contribution >= 0.6 is 0 Å². The first-order valence-corrected chi connectivity index (χ1v) is 5.39. The van der Waals surface area contributed by atoms with Crippen LogP contribution in [-0.4, -0.2) is 23.2 Å². The molecule has 0 heterocycles. The summed E-state index contributed by atoms with van der Waals surface area (Å²) in [4.78, 5) is 9.84. The molecule has 0 saturated heterocycles. The molecular formula is C11H17FN2O3. The summed E-state index contributed by atoms with van der Waals surface area (Å²) in [7, 11) is 0. The Morgan fingerprint density at radius 2 is 2.12 bits per heavy atom. The lowest BCUT2D eigenvalue weighted by molar-refractivity contribution is -0.385. The molecule has 0 bridgehead atoms. The average Bonchev–Trinajstić information content (AvgIpc) is 2.34. The summed E-state index contributed by atoms with van der Waals surface area (Å²) < 4.78 is 13.1. The van der Waals surface area contributed by atoms with Crippen LogP contribution in [-0.2, 0) is 6.54 Å². The average molecular weight is 244 g/mol. The number of nitrogens with one attached hydrogen (secondary N) is 1. The molecule has 0 atom stereocenters. The zero-order valence-corrected chi connectivity index (χ0v) is 9.94. The van der Waals surface area contributed by atoms with E-state index in [-0.39, 0.29) is 24.4 Å². The van der Waals surface area contributed by atoms with Gasteiger partial charge in [0, 0.05) is 30.8 Å². The minimum absolute atomic E-state index is 0.0590. The third-order valence-corrected chi connectivity index (χ3v) is 1.84. The summed E-state index contributed by atoms with van der Waals surface area (Å²) in [6.45, 7) is 4.42. The molecule has 0 amide bonds. The van der Waals surface area contributed by atoms with Crippen molar-refractivity contribution in [3.05, 3.63) is 39.7 Å². The summed E-state index contributed by atoms with van der Waals surface area (Å²) in [6.07, 6.45) is 0. The van der Waals surface area contributed by atoms with E-state index in [1.807, 2.05) is 13.8 Å². The molecule has 0 aromatic heterocycles. The van der Waals surface area contributed by atoms with E-state index in [1.54, 1.807) is 0 Å². The number of aliphatic hydroxyl groups excluding tert-OH is 1. The van der Waals surface area contributed by atoms with Gasteiger partial charge in [-0.15, -0.1) is 0 Å². The zero-order chi connectivity index (χ0) is 13.3. The van der Waals surface area contributed by atoms with E-state index < -0.39 is 10.7 Å². The van der Waals surface area contributed by atoms with Crippen LogP contribution < -0.4 is 5.32 Å². The molecular weight excluding hydrogens is 227 g/mol. The van der Waals surface area contributed by atoms with Crippen LogP contribution in [0.25, 0.3) is 0 Å². The number of hydrogen-bond donors (Lipinski definition) is 2. The van der Waals surface area contributed by atoms with Crippen LogP contribution in [0.4, 0.5) is 10.1 Å². The molecule has 96 valence electrons. The van der Waals surface area contributed by atoms with Gasteiger partial charge in [-0.25, -0.2) is 4.39 Å². The van der Waals surface area contributed by atoms with Gasteiger partial charge in [0.15, 0.2) is 0 Å². The van der Waals surface area contributed by atoms with Crippen molar-refractivity contribution in [1.29, 1.82) is 0 Å². The van der Waals surface area contributed by atoms with Crippen LogP contribution in [0, 0.1) is 15.9 Å². The highest BCUT2D eigenvalue weighted by molar-refractivity contribution is 5.35. The summed E-state index contributed by atoms with van der Waals surface area (Å²) in [6, 6.07) is 3.36. The molecule has 6 heteroatoms. The number of hydrogen-bond acceptors (Lipinski definition) is 4. The SMILES string of the molecule is CC.O=[N+]([O-])c1ccc(F)c(CNCCO)c1. The van der Waals surface area contributed by atoms with Gasteiger partial charge < -0.3 is 10.4 Å². The highest BCUT2D eigenvalue weighted by Gasteiger charge is 2.09. The highest BCUT2D eigenvalue weighted by atomic mass is 19.1. The van der Waals surface area contributed by atoms with Crippen LogP contribution in [0.5, 0.6) is 0 Å². The summed E-state index contributed by atoms with van der Waals surface area (Å²) in [5.41, 5.74) is 0.0786. The molecule has 0 saturated carbocycles. The number of rotatable bonds is 5. The number of non-ortho nitro benzene ring substituents is 1. The van der Waals surface area contributed by atoms with Gasteiger partial charge >= 0.3 is 0 Å². The zero-order valence-electron chi connectivity index (χ0n) is 9.94. The first-order chi connectivity index (χ1) is 8.15. The monoisotopic (exact) mass is 244 g/mol. The Bertz CT molecular complexity index is 359.